The number of hydrogen-bond acceptors (Lipinski definition) is 3. The molecule has 2 aliphatic rings. The summed E-state index contributed by atoms with van der Waals surface area (Å²) in [5.74, 6) is 0.208. The molecule has 0 radical (unpaired) electrons. The minimum atomic E-state index is -0.887. The number of halogens is 1. The van der Waals surface area contributed by atoms with Crippen LogP contribution in [0.2, 0.25) is 0 Å². The summed E-state index contributed by atoms with van der Waals surface area (Å²) in [6.07, 6.45) is 1.32. The van der Waals surface area contributed by atoms with Crippen LogP contribution < -0.4 is 10.1 Å². The van der Waals surface area contributed by atoms with Crippen molar-refractivity contribution in [2.75, 3.05) is 0 Å². The quantitative estimate of drug-likeness (QED) is 0.744. The number of ether oxygens (including phenoxy) is 1. The molecule has 18 heavy (non-hydrogen) atoms. The predicted octanol–water partition coefficient (Wildman–Crippen LogP) is 1.87. The van der Waals surface area contributed by atoms with Crippen LogP contribution in [0.3, 0.4) is 0 Å². The number of carbonyl (C=O) groups is 2. The number of amides is 2. The molecule has 94 valence electrons. The van der Waals surface area contributed by atoms with Gasteiger partial charge in [0.15, 0.2) is 5.60 Å². The molecule has 0 aliphatic carbocycles. The zero-order valence-electron chi connectivity index (χ0n) is 9.88. The van der Waals surface area contributed by atoms with Gasteiger partial charge in [0.2, 0.25) is 5.91 Å². The molecular weight excluding hydrogens is 298 g/mol. The van der Waals surface area contributed by atoms with Crippen molar-refractivity contribution >= 4 is 27.7 Å². The van der Waals surface area contributed by atoms with Crippen LogP contribution >= 0.6 is 15.9 Å². The Labute approximate surface area is 113 Å². The van der Waals surface area contributed by atoms with E-state index in [1.54, 1.807) is 0 Å². The molecule has 1 aromatic rings. The number of fused-ring (bicyclic) bond motifs is 1. The number of nitrogens with one attached hydrogen (secondary N) is 1. The number of aryl methyl sites for hydroxylation is 1. The summed E-state index contributed by atoms with van der Waals surface area (Å²) in [5, 5.41) is 2.37. The second-order valence-corrected chi connectivity index (χ2v) is 5.77. The van der Waals surface area contributed by atoms with Crippen LogP contribution in [0, 0.1) is 6.92 Å². The summed E-state index contributed by atoms with van der Waals surface area (Å²) in [7, 11) is 0. The second kappa shape index (κ2) is 3.82. The molecule has 0 saturated carbocycles. The Kier molecular flexibility index (Phi) is 2.48. The first-order valence-electron chi connectivity index (χ1n) is 5.82. The van der Waals surface area contributed by atoms with E-state index in [-0.39, 0.29) is 11.8 Å². The molecule has 1 spiro atoms. The van der Waals surface area contributed by atoms with Crippen molar-refractivity contribution in [3.8, 4) is 5.75 Å². The molecule has 1 unspecified atom stereocenters. The van der Waals surface area contributed by atoms with Crippen LogP contribution in [0.25, 0.3) is 0 Å². The van der Waals surface area contributed by atoms with Crippen LogP contribution in [0.4, 0.5) is 0 Å². The summed E-state index contributed by atoms with van der Waals surface area (Å²) in [5.41, 5.74) is 1.27. The number of hydrogen-bond donors (Lipinski definition) is 1. The maximum atomic E-state index is 12.0. The van der Waals surface area contributed by atoms with Gasteiger partial charge in [-0.3, -0.25) is 14.9 Å². The molecule has 2 aliphatic heterocycles. The molecule has 1 aromatic carbocycles. The van der Waals surface area contributed by atoms with Crippen LogP contribution in [0.15, 0.2) is 16.6 Å². The first-order valence-corrected chi connectivity index (χ1v) is 6.62. The molecule has 1 saturated heterocycles. The third kappa shape index (κ3) is 1.65. The molecule has 2 heterocycles. The van der Waals surface area contributed by atoms with Gasteiger partial charge in [-0.05, 0) is 24.6 Å². The van der Waals surface area contributed by atoms with Gasteiger partial charge in [0.05, 0.1) is 0 Å². The van der Waals surface area contributed by atoms with Crippen molar-refractivity contribution in [1.82, 2.24) is 5.32 Å². The highest BCUT2D eigenvalue weighted by atomic mass is 79.9. The van der Waals surface area contributed by atoms with Gasteiger partial charge in [-0.15, -0.1) is 0 Å². The lowest BCUT2D eigenvalue weighted by Gasteiger charge is -2.30. The second-order valence-electron chi connectivity index (χ2n) is 4.85. The van der Waals surface area contributed by atoms with Crippen LogP contribution in [0.5, 0.6) is 5.75 Å². The predicted molar refractivity (Wildman–Crippen MR) is 68.3 cm³/mol. The third-order valence-electron chi connectivity index (χ3n) is 3.59. The number of carbonyl (C=O) groups excluding carboxylic acids is 2. The molecule has 0 bridgehead atoms. The van der Waals surface area contributed by atoms with E-state index >= 15 is 0 Å². The Bertz CT molecular complexity index is 570. The van der Waals surface area contributed by atoms with E-state index in [0.717, 1.165) is 21.3 Å². The summed E-state index contributed by atoms with van der Waals surface area (Å²) < 4.78 is 6.80. The van der Waals surface area contributed by atoms with Gasteiger partial charge in [0.25, 0.3) is 5.91 Å². The Balaban J connectivity index is 1.99. The average Bonchev–Trinajstić information content (AvgIpc) is 2.65. The molecule has 3 rings (SSSR count). The van der Waals surface area contributed by atoms with Crippen molar-refractivity contribution < 1.29 is 14.3 Å². The fourth-order valence-electron chi connectivity index (χ4n) is 2.59. The molecule has 4 nitrogen and oxygen atoms in total. The summed E-state index contributed by atoms with van der Waals surface area (Å²) in [6.45, 7) is 2.00. The fraction of sp³-hybridized carbons (Fsp3) is 0.385. The first-order chi connectivity index (χ1) is 8.50. The van der Waals surface area contributed by atoms with Gasteiger partial charge in [-0.2, -0.15) is 0 Å². The molecule has 2 amide bonds. The van der Waals surface area contributed by atoms with Crippen molar-refractivity contribution in [1.29, 1.82) is 0 Å². The molecule has 1 fully saturated rings. The fourth-order valence-corrected chi connectivity index (χ4v) is 3.14. The van der Waals surface area contributed by atoms with Gasteiger partial charge in [0, 0.05) is 29.3 Å². The number of rotatable bonds is 0. The van der Waals surface area contributed by atoms with E-state index in [4.69, 9.17) is 4.74 Å². The monoisotopic (exact) mass is 309 g/mol. The summed E-state index contributed by atoms with van der Waals surface area (Å²) in [4.78, 5) is 23.2. The minimum absolute atomic E-state index is 0.219. The zero-order chi connectivity index (χ0) is 12.9. The van der Waals surface area contributed by atoms with Gasteiger partial charge in [0.1, 0.15) is 5.75 Å². The lowest BCUT2D eigenvalue weighted by molar-refractivity contribution is -0.145. The highest BCUT2D eigenvalue weighted by molar-refractivity contribution is 9.10. The maximum Gasteiger partial charge on any atom is 0.271 e. The van der Waals surface area contributed by atoms with Crippen molar-refractivity contribution in [3.63, 3.8) is 0 Å². The lowest BCUT2D eigenvalue weighted by Crippen LogP contribution is -2.56. The third-order valence-corrected chi connectivity index (χ3v) is 4.04. The SMILES string of the molecule is Cc1cc(Br)cc2c1CC1(CCC(=O)NC1=O)O2. The summed E-state index contributed by atoms with van der Waals surface area (Å²) >= 11 is 3.42. The number of imide groups is 1. The van der Waals surface area contributed by atoms with Gasteiger partial charge in [-0.25, -0.2) is 0 Å². The van der Waals surface area contributed by atoms with Crippen LogP contribution in [0.1, 0.15) is 24.0 Å². The topological polar surface area (TPSA) is 55.4 Å². The van der Waals surface area contributed by atoms with E-state index in [2.05, 4.69) is 21.2 Å². The van der Waals surface area contributed by atoms with Crippen LogP contribution in [-0.2, 0) is 16.0 Å². The normalized spacial score (nSPS) is 25.9. The van der Waals surface area contributed by atoms with Gasteiger partial charge >= 0.3 is 0 Å². The van der Waals surface area contributed by atoms with Crippen molar-refractivity contribution in [3.05, 3.63) is 27.7 Å². The Morgan fingerprint density at radius 3 is 2.89 bits per heavy atom. The minimum Gasteiger partial charge on any atom is -0.477 e. The highest BCUT2D eigenvalue weighted by Crippen LogP contribution is 2.42. The standard InChI is InChI=1S/C13H12BrNO3/c1-7-4-8(14)5-10-9(7)6-13(18-10)3-2-11(16)15-12(13)17/h4-5H,2-3,6H2,1H3,(H,15,16,17). The average molecular weight is 310 g/mol. The highest BCUT2D eigenvalue weighted by Gasteiger charge is 2.49. The van der Waals surface area contributed by atoms with Gasteiger partial charge in [-0.1, -0.05) is 15.9 Å². The molecule has 1 N–H and O–H groups in total. The number of piperidine rings is 1. The van der Waals surface area contributed by atoms with Gasteiger partial charge < -0.3 is 4.74 Å². The first kappa shape index (κ1) is 11.7. The van der Waals surface area contributed by atoms with Crippen molar-refractivity contribution in [2.24, 2.45) is 0 Å². The van der Waals surface area contributed by atoms with E-state index in [0.29, 0.717) is 19.3 Å². The largest absolute Gasteiger partial charge is 0.477 e. The van der Waals surface area contributed by atoms with E-state index in [9.17, 15) is 9.59 Å². The summed E-state index contributed by atoms with van der Waals surface area (Å²) in [6, 6.07) is 3.88. The lowest BCUT2D eigenvalue weighted by atomic mass is 9.87. The molecule has 1 atom stereocenters. The molecular formula is C13H12BrNO3. The molecule has 5 heteroatoms. The molecule has 0 aromatic heterocycles. The van der Waals surface area contributed by atoms with Crippen molar-refractivity contribution in [2.45, 2.75) is 31.8 Å². The smallest absolute Gasteiger partial charge is 0.271 e. The Morgan fingerprint density at radius 2 is 2.17 bits per heavy atom. The Morgan fingerprint density at radius 1 is 1.39 bits per heavy atom. The van der Waals surface area contributed by atoms with E-state index in [1.807, 2.05) is 19.1 Å². The zero-order valence-corrected chi connectivity index (χ0v) is 11.5. The number of benzene rings is 1. The van der Waals surface area contributed by atoms with E-state index in [1.165, 1.54) is 0 Å². The van der Waals surface area contributed by atoms with Crippen LogP contribution in [-0.4, -0.2) is 17.4 Å². The Hall–Kier alpha value is -1.36. The maximum absolute atomic E-state index is 12.0. The van der Waals surface area contributed by atoms with E-state index < -0.39 is 5.60 Å².